The number of nitrogen functional groups attached to an aromatic ring is 1. The quantitative estimate of drug-likeness (QED) is 0.422. The zero-order valence-electron chi connectivity index (χ0n) is 11.0. The molecule has 5 nitrogen and oxygen atoms in total. The standard InChI is InChI=1S/C13H14Cl2N4OS/c14-8-6-9(15)12(10(16)7-8)19-11(20)2-1-5-21-13-17-3-4-18-13/h3-4,6-7H,1-2,5,16H2,(H,17,18)(H,19,20). The molecule has 0 spiro atoms. The first-order valence-electron chi connectivity index (χ1n) is 6.23. The highest BCUT2D eigenvalue weighted by Crippen LogP contribution is 2.32. The highest BCUT2D eigenvalue weighted by molar-refractivity contribution is 7.99. The number of amides is 1. The van der Waals surface area contributed by atoms with Gasteiger partial charge in [0, 0.05) is 29.6 Å². The molecule has 1 aromatic heterocycles. The number of benzene rings is 1. The Kier molecular flexibility index (Phi) is 5.78. The molecule has 1 aromatic carbocycles. The fourth-order valence-corrected chi connectivity index (χ4v) is 2.98. The van der Waals surface area contributed by atoms with E-state index >= 15 is 0 Å². The Labute approximate surface area is 136 Å². The van der Waals surface area contributed by atoms with Gasteiger partial charge >= 0.3 is 0 Å². The Morgan fingerprint density at radius 1 is 1.43 bits per heavy atom. The van der Waals surface area contributed by atoms with Crippen molar-refractivity contribution in [3.05, 3.63) is 34.6 Å². The SMILES string of the molecule is Nc1cc(Cl)cc(Cl)c1NC(=O)CCCSc1ncc[nH]1. The summed E-state index contributed by atoms with van der Waals surface area (Å²) in [4.78, 5) is 19.0. The summed E-state index contributed by atoms with van der Waals surface area (Å²) in [5, 5.41) is 4.33. The minimum Gasteiger partial charge on any atom is -0.397 e. The van der Waals surface area contributed by atoms with Crippen LogP contribution in [0.15, 0.2) is 29.7 Å². The van der Waals surface area contributed by atoms with Crippen molar-refractivity contribution in [2.24, 2.45) is 0 Å². The highest BCUT2D eigenvalue weighted by atomic mass is 35.5. The number of hydrogen-bond donors (Lipinski definition) is 3. The number of anilines is 2. The molecule has 0 saturated carbocycles. The number of thioether (sulfide) groups is 1. The zero-order valence-corrected chi connectivity index (χ0v) is 13.4. The molecular weight excluding hydrogens is 331 g/mol. The molecule has 21 heavy (non-hydrogen) atoms. The summed E-state index contributed by atoms with van der Waals surface area (Å²) in [5.74, 6) is 0.663. The molecule has 1 heterocycles. The smallest absolute Gasteiger partial charge is 0.224 e. The van der Waals surface area contributed by atoms with Gasteiger partial charge in [-0.2, -0.15) is 0 Å². The van der Waals surface area contributed by atoms with Gasteiger partial charge in [0.05, 0.1) is 16.4 Å². The number of nitrogens with zero attached hydrogens (tertiary/aromatic N) is 1. The van der Waals surface area contributed by atoms with E-state index in [2.05, 4.69) is 15.3 Å². The number of carbonyl (C=O) groups excluding carboxylic acids is 1. The first-order chi connectivity index (χ1) is 10.1. The topological polar surface area (TPSA) is 83.8 Å². The Morgan fingerprint density at radius 3 is 2.90 bits per heavy atom. The molecule has 0 saturated heterocycles. The van der Waals surface area contributed by atoms with Crippen LogP contribution in [0.2, 0.25) is 10.0 Å². The third-order valence-corrected chi connectivity index (χ3v) is 4.12. The van der Waals surface area contributed by atoms with Crippen molar-refractivity contribution < 1.29 is 4.79 Å². The zero-order chi connectivity index (χ0) is 15.2. The molecule has 4 N–H and O–H groups in total. The van der Waals surface area contributed by atoms with Crippen molar-refractivity contribution in [1.82, 2.24) is 9.97 Å². The summed E-state index contributed by atoms with van der Waals surface area (Å²) in [6.07, 6.45) is 4.56. The average Bonchev–Trinajstić information content (AvgIpc) is 2.92. The minimum atomic E-state index is -0.133. The van der Waals surface area contributed by atoms with Crippen LogP contribution < -0.4 is 11.1 Å². The van der Waals surface area contributed by atoms with Crippen molar-refractivity contribution in [3.8, 4) is 0 Å². The third-order valence-electron chi connectivity index (χ3n) is 2.61. The number of halogens is 2. The largest absolute Gasteiger partial charge is 0.397 e. The van der Waals surface area contributed by atoms with E-state index in [-0.39, 0.29) is 5.91 Å². The van der Waals surface area contributed by atoms with Gasteiger partial charge in [-0.15, -0.1) is 0 Å². The number of aromatic nitrogens is 2. The molecule has 112 valence electrons. The normalized spacial score (nSPS) is 10.6. The maximum atomic E-state index is 11.9. The highest BCUT2D eigenvalue weighted by Gasteiger charge is 2.10. The van der Waals surface area contributed by atoms with Gasteiger partial charge in [0.25, 0.3) is 0 Å². The molecule has 0 aliphatic carbocycles. The van der Waals surface area contributed by atoms with Gasteiger partial charge in [-0.25, -0.2) is 4.98 Å². The van der Waals surface area contributed by atoms with Crippen molar-refractivity contribution in [1.29, 1.82) is 0 Å². The summed E-state index contributed by atoms with van der Waals surface area (Å²) in [7, 11) is 0. The molecule has 0 aliphatic rings. The van der Waals surface area contributed by atoms with Gasteiger partial charge in [-0.3, -0.25) is 4.79 Å². The van der Waals surface area contributed by atoms with Gasteiger partial charge < -0.3 is 16.0 Å². The molecule has 2 aromatic rings. The van der Waals surface area contributed by atoms with E-state index in [0.717, 1.165) is 17.3 Å². The molecule has 1 amide bonds. The van der Waals surface area contributed by atoms with E-state index in [4.69, 9.17) is 28.9 Å². The lowest BCUT2D eigenvalue weighted by Gasteiger charge is -2.10. The molecule has 0 fully saturated rings. The van der Waals surface area contributed by atoms with Crippen LogP contribution in [-0.4, -0.2) is 21.6 Å². The van der Waals surface area contributed by atoms with Gasteiger partial charge in [-0.05, 0) is 18.6 Å². The number of aromatic amines is 1. The number of imidazole rings is 1. The van der Waals surface area contributed by atoms with Crippen molar-refractivity contribution in [2.45, 2.75) is 18.0 Å². The Bertz CT molecular complexity index is 596. The maximum Gasteiger partial charge on any atom is 0.224 e. The Hall–Kier alpha value is -1.37. The van der Waals surface area contributed by atoms with Crippen molar-refractivity contribution in [2.75, 3.05) is 16.8 Å². The second kappa shape index (κ2) is 7.59. The lowest BCUT2D eigenvalue weighted by molar-refractivity contribution is -0.116. The van der Waals surface area contributed by atoms with Crippen LogP contribution in [-0.2, 0) is 4.79 Å². The Morgan fingerprint density at radius 2 is 2.24 bits per heavy atom. The van der Waals surface area contributed by atoms with E-state index in [0.29, 0.717) is 27.8 Å². The summed E-state index contributed by atoms with van der Waals surface area (Å²) >= 11 is 13.4. The molecule has 8 heteroatoms. The molecule has 0 bridgehead atoms. The summed E-state index contributed by atoms with van der Waals surface area (Å²) in [6, 6.07) is 3.09. The van der Waals surface area contributed by atoms with Gasteiger partial charge in [0.1, 0.15) is 0 Å². The molecule has 0 unspecified atom stereocenters. The molecule has 2 rings (SSSR count). The van der Waals surface area contributed by atoms with E-state index in [9.17, 15) is 4.79 Å². The second-order valence-electron chi connectivity index (χ2n) is 4.25. The van der Waals surface area contributed by atoms with Gasteiger partial charge in [0.2, 0.25) is 5.91 Å². The lowest BCUT2D eigenvalue weighted by Crippen LogP contribution is -2.13. The summed E-state index contributed by atoms with van der Waals surface area (Å²) < 4.78 is 0. The van der Waals surface area contributed by atoms with Crippen molar-refractivity contribution >= 4 is 52.2 Å². The number of carbonyl (C=O) groups is 1. The van der Waals surface area contributed by atoms with E-state index in [1.165, 1.54) is 0 Å². The third kappa shape index (κ3) is 4.84. The number of nitrogens with two attached hydrogens (primary N) is 1. The number of nitrogens with one attached hydrogen (secondary N) is 2. The fraction of sp³-hybridized carbons (Fsp3) is 0.231. The molecule has 0 aliphatic heterocycles. The van der Waals surface area contributed by atoms with Crippen LogP contribution in [0.4, 0.5) is 11.4 Å². The van der Waals surface area contributed by atoms with E-state index in [1.807, 2.05) is 0 Å². The van der Waals surface area contributed by atoms with E-state index in [1.54, 1.807) is 36.3 Å². The minimum absolute atomic E-state index is 0.133. The lowest BCUT2D eigenvalue weighted by atomic mass is 10.2. The van der Waals surface area contributed by atoms with Crippen LogP contribution in [0.3, 0.4) is 0 Å². The second-order valence-corrected chi connectivity index (χ2v) is 6.17. The number of hydrogen-bond acceptors (Lipinski definition) is 4. The summed E-state index contributed by atoms with van der Waals surface area (Å²) in [6.45, 7) is 0. The monoisotopic (exact) mass is 344 g/mol. The number of H-pyrrole nitrogens is 1. The van der Waals surface area contributed by atoms with Crippen LogP contribution in [0.1, 0.15) is 12.8 Å². The van der Waals surface area contributed by atoms with Crippen LogP contribution in [0, 0.1) is 0 Å². The van der Waals surface area contributed by atoms with E-state index < -0.39 is 0 Å². The predicted molar refractivity (Wildman–Crippen MR) is 88.0 cm³/mol. The average molecular weight is 345 g/mol. The van der Waals surface area contributed by atoms with Crippen LogP contribution >= 0.6 is 35.0 Å². The maximum absolute atomic E-state index is 11.9. The first kappa shape index (κ1) is 16.0. The predicted octanol–water partition coefficient (Wildman–Crippen LogP) is 3.81. The number of rotatable bonds is 6. The molecule has 0 radical (unpaired) electrons. The first-order valence-corrected chi connectivity index (χ1v) is 7.97. The summed E-state index contributed by atoms with van der Waals surface area (Å²) in [5.41, 5.74) is 6.55. The van der Waals surface area contributed by atoms with Gasteiger partial charge in [0.15, 0.2) is 5.16 Å². The molecular formula is C13H14Cl2N4OS. The van der Waals surface area contributed by atoms with Crippen molar-refractivity contribution in [3.63, 3.8) is 0 Å². The Balaban J connectivity index is 1.79. The van der Waals surface area contributed by atoms with Crippen LogP contribution in [0.5, 0.6) is 0 Å². The molecule has 0 atom stereocenters. The fourth-order valence-electron chi connectivity index (χ4n) is 1.66. The van der Waals surface area contributed by atoms with Crippen LogP contribution in [0.25, 0.3) is 0 Å². The van der Waals surface area contributed by atoms with Gasteiger partial charge in [-0.1, -0.05) is 35.0 Å².